The molecule has 0 saturated carbocycles. The number of rotatable bonds is 6. The van der Waals surface area contributed by atoms with Crippen molar-refractivity contribution in [1.82, 2.24) is 10.6 Å². The lowest BCUT2D eigenvalue weighted by molar-refractivity contribution is -0.119. The number of fused-ring (bicyclic) bond motifs is 1. The molecule has 0 aromatic heterocycles. The van der Waals surface area contributed by atoms with Crippen molar-refractivity contribution in [3.05, 3.63) is 29.8 Å². The second-order valence-corrected chi connectivity index (χ2v) is 6.08. The largest absolute Gasteiger partial charge is 0.362 e. The Morgan fingerprint density at radius 1 is 1.38 bits per heavy atom. The molecular weight excluding hydrogens is 262 g/mol. The number of carbonyl (C=O) groups is 1. The van der Waals surface area contributed by atoms with Crippen LogP contribution in [0.5, 0.6) is 0 Å². The zero-order valence-corrected chi connectivity index (χ0v) is 13.4. The molecule has 1 aromatic carbocycles. The number of benzene rings is 1. The standard InChI is InChI=1S/C17H27N3O/c1-4-18-15-9-10-20(12-17(21)19-11-13(2)3)16-8-6-5-7-14(15)16/h5-8,13,15,18H,4,9-12H2,1-3H3,(H,19,21). The van der Waals surface area contributed by atoms with E-state index in [0.29, 0.717) is 18.5 Å². The van der Waals surface area contributed by atoms with Gasteiger partial charge in [-0.25, -0.2) is 0 Å². The maximum atomic E-state index is 12.1. The highest BCUT2D eigenvalue weighted by atomic mass is 16.2. The van der Waals surface area contributed by atoms with Gasteiger partial charge in [0.2, 0.25) is 5.91 Å². The van der Waals surface area contributed by atoms with Crippen LogP contribution in [0.1, 0.15) is 38.8 Å². The van der Waals surface area contributed by atoms with Crippen molar-refractivity contribution in [1.29, 1.82) is 0 Å². The van der Waals surface area contributed by atoms with Gasteiger partial charge in [-0.05, 0) is 30.5 Å². The fourth-order valence-corrected chi connectivity index (χ4v) is 2.80. The van der Waals surface area contributed by atoms with E-state index in [1.54, 1.807) is 0 Å². The number of nitrogens with one attached hydrogen (secondary N) is 2. The number of nitrogens with zero attached hydrogens (tertiary/aromatic N) is 1. The van der Waals surface area contributed by atoms with E-state index in [1.165, 1.54) is 11.3 Å². The predicted octanol–water partition coefficient (Wildman–Crippen LogP) is 2.32. The maximum absolute atomic E-state index is 12.1. The zero-order valence-electron chi connectivity index (χ0n) is 13.4. The van der Waals surface area contributed by atoms with E-state index >= 15 is 0 Å². The second kappa shape index (κ2) is 7.46. The van der Waals surface area contributed by atoms with Gasteiger partial charge in [0.15, 0.2) is 0 Å². The average Bonchev–Trinajstić information content (AvgIpc) is 2.48. The third-order valence-electron chi connectivity index (χ3n) is 3.83. The van der Waals surface area contributed by atoms with Gasteiger partial charge in [-0.15, -0.1) is 0 Å². The summed E-state index contributed by atoms with van der Waals surface area (Å²) in [5, 5.41) is 6.53. The molecule has 0 fully saturated rings. The van der Waals surface area contributed by atoms with Gasteiger partial charge < -0.3 is 15.5 Å². The van der Waals surface area contributed by atoms with E-state index in [-0.39, 0.29) is 5.91 Å². The van der Waals surface area contributed by atoms with E-state index in [4.69, 9.17) is 0 Å². The molecule has 1 aromatic rings. The summed E-state index contributed by atoms with van der Waals surface area (Å²) in [6, 6.07) is 8.81. The fourth-order valence-electron chi connectivity index (χ4n) is 2.80. The lowest BCUT2D eigenvalue weighted by atomic mass is 9.96. The molecule has 116 valence electrons. The fraction of sp³-hybridized carbons (Fsp3) is 0.588. The summed E-state index contributed by atoms with van der Waals surface area (Å²) in [7, 11) is 0. The average molecular weight is 289 g/mol. The monoisotopic (exact) mass is 289 g/mol. The molecule has 2 rings (SSSR count). The second-order valence-electron chi connectivity index (χ2n) is 6.08. The molecule has 1 aliphatic heterocycles. The molecule has 0 saturated heterocycles. The minimum absolute atomic E-state index is 0.111. The highest BCUT2D eigenvalue weighted by Gasteiger charge is 2.25. The highest BCUT2D eigenvalue weighted by Crippen LogP contribution is 2.33. The minimum atomic E-state index is 0.111. The quantitative estimate of drug-likeness (QED) is 0.845. The maximum Gasteiger partial charge on any atom is 0.239 e. The molecule has 21 heavy (non-hydrogen) atoms. The molecule has 1 atom stereocenters. The summed E-state index contributed by atoms with van der Waals surface area (Å²) < 4.78 is 0. The van der Waals surface area contributed by atoms with E-state index in [9.17, 15) is 4.79 Å². The Labute approximate surface area is 127 Å². The molecule has 1 heterocycles. The van der Waals surface area contributed by atoms with Gasteiger partial charge >= 0.3 is 0 Å². The van der Waals surface area contributed by atoms with E-state index in [2.05, 4.69) is 54.5 Å². The molecule has 0 aliphatic carbocycles. The van der Waals surface area contributed by atoms with Crippen LogP contribution in [0.2, 0.25) is 0 Å². The molecule has 2 N–H and O–H groups in total. The van der Waals surface area contributed by atoms with Crippen molar-refractivity contribution >= 4 is 11.6 Å². The Kier molecular flexibility index (Phi) is 5.62. The smallest absolute Gasteiger partial charge is 0.239 e. The van der Waals surface area contributed by atoms with Gasteiger partial charge in [0.05, 0.1) is 6.54 Å². The van der Waals surface area contributed by atoms with Gasteiger partial charge in [-0.1, -0.05) is 39.0 Å². The first-order valence-corrected chi connectivity index (χ1v) is 7.95. The van der Waals surface area contributed by atoms with Crippen molar-refractivity contribution in [2.45, 2.75) is 33.2 Å². The number of hydrogen-bond donors (Lipinski definition) is 2. The molecule has 1 aliphatic rings. The summed E-state index contributed by atoms with van der Waals surface area (Å²) in [6.07, 6.45) is 1.04. The summed E-state index contributed by atoms with van der Waals surface area (Å²) in [4.78, 5) is 14.3. The van der Waals surface area contributed by atoms with Crippen LogP contribution in [0.15, 0.2) is 24.3 Å². The van der Waals surface area contributed by atoms with Gasteiger partial charge in [-0.3, -0.25) is 4.79 Å². The molecule has 1 unspecified atom stereocenters. The van der Waals surface area contributed by atoms with Crippen LogP contribution in [-0.2, 0) is 4.79 Å². The summed E-state index contributed by atoms with van der Waals surface area (Å²) >= 11 is 0. The van der Waals surface area contributed by atoms with Gasteiger partial charge in [0.1, 0.15) is 0 Å². The van der Waals surface area contributed by atoms with E-state index in [1.807, 2.05) is 6.07 Å². The first-order valence-electron chi connectivity index (χ1n) is 7.95. The molecule has 4 heteroatoms. The first kappa shape index (κ1) is 15.8. The Morgan fingerprint density at radius 2 is 2.14 bits per heavy atom. The lowest BCUT2D eigenvalue weighted by Crippen LogP contribution is -2.42. The number of carbonyl (C=O) groups excluding carboxylic acids is 1. The van der Waals surface area contributed by atoms with Crippen LogP contribution in [0.25, 0.3) is 0 Å². The molecular formula is C17H27N3O. The topological polar surface area (TPSA) is 44.4 Å². The minimum Gasteiger partial charge on any atom is -0.362 e. The molecule has 0 bridgehead atoms. The molecule has 1 amide bonds. The van der Waals surface area contributed by atoms with Crippen molar-refractivity contribution in [2.24, 2.45) is 5.92 Å². The van der Waals surface area contributed by atoms with Crippen LogP contribution in [0.3, 0.4) is 0 Å². The first-order chi connectivity index (χ1) is 10.1. The van der Waals surface area contributed by atoms with Crippen LogP contribution < -0.4 is 15.5 Å². The predicted molar refractivity (Wildman–Crippen MR) is 87.5 cm³/mol. The van der Waals surface area contributed by atoms with Crippen molar-refractivity contribution in [3.63, 3.8) is 0 Å². The van der Waals surface area contributed by atoms with Crippen LogP contribution >= 0.6 is 0 Å². The van der Waals surface area contributed by atoms with E-state index in [0.717, 1.165) is 26.1 Å². The van der Waals surface area contributed by atoms with Gasteiger partial charge in [0.25, 0.3) is 0 Å². The molecule has 0 spiro atoms. The zero-order chi connectivity index (χ0) is 15.2. The lowest BCUT2D eigenvalue weighted by Gasteiger charge is -2.35. The summed E-state index contributed by atoms with van der Waals surface area (Å²) in [6.45, 7) is 9.43. The van der Waals surface area contributed by atoms with Gasteiger partial charge in [-0.2, -0.15) is 0 Å². The Bertz CT molecular complexity index is 473. The van der Waals surface area contributed by atoms with E-state index < -0.39 is 0 Å². The highest BCUT2D eigenvalue weighted by molar-refractivity contribution is 5.82. The molecule has 0 radical (unpaired) electrons. The third kappa shape index (κ3) is 4.21. The number of amides is 1. The third-order valence-corrected chi connectivity index (χ3v) is 3.83. The Balaban J connectivity index is 2.05. The number of para-hydroxylation sites is 1. The summed E-state index contributed by atoms with van der Waals surface area (Å²) in [5.41, 5.74) is 2.50. The van der Waals surface area contributed by atoms with Gasteiger partial charge in [0, 0.05) is 24.8 Å². The SMILES string of the molecule is CCNC1CCN(CC(=O)NCC(C)C)c2ccccc21. The number of anilines is 1. The van der Waals surface area contributed by atoms with Crippen LogP contribution in [-0.4, -0.2) is 32.1 Å². The van der Waals surface area contributed by atoms with Crippen LogP contribution in [0, 0.1) is 5.92 Å². The van der Waals surface area contributed by atoms with Crippen molar-refractivity contribution in [3.8, 4) is 0 Å². The summed E-state index contributed by atoms with van der Waals surface area (Å²) in [5.74, 6) is 0.598. The van der Waals surface area contributed by atoms with Crippen molar-refractivity contribution in [2.75, 3.05) is 31.1 Å². The Hall–Kier alpha value is -1.55. The van der Waals surface area contributed by atoms with Crippen molar-refractivity contribution < 1.29 is 4.79 Å². The Morgan fingerprint density at radius 3 is 2.86 bits per heavy atom. The number of hydrogen-bond acceptors (Lipinski definition) is 3. The van der Waals surface area contributed by atoms with Crippen LogP contribution in [0.4, 0.5) is 5.69 Å². The molecule has 4 nitrogen and oxygen atoms in total. The normalized spacial score (nSPS) is 17.7.